The molecule has 0 saturated carbocycles. The van der Waals surface area contributed by atoms with Crippen molar-refractivity contribution in [3.05, 3.63) is 11.3 Å². The topological polar surface area (TPSA) is 49.7 Å². The molecule has 0 fully saturated rings. The number of hydrogen-bond donors (Lipinski definition) is 1. The highest BCUT2D eigenvalue weighted by Gasteiger charge is 2.20. The molecule has 1 atom stereocenters. The summed E-state index contributed by atoms with van der Waals surface area (Å²) >= 11 is 0. The van der Waals surface area contributed by atoms with E-state index in [1.807, 2.05) is 6.92 Å². The highest BCUT2D eigenvalue weighted by Crippen LogP contribution is 2.19. The lowest BCUT2D eigenvalue weighted by molar-refractivity contribution is -0.113. The maximum absolute atomic E-state index is 11.0. The predicted molar refractivity (Wildman–Crippen MR) is 47.5 cm³/mol. The van der Waals surface area contributed by atoms with Crippen LogP contribution in [-0.4, -0.2) is 22.6 Å². The largest absolute Gasteiger partial charge is 0.511 e. The van der Waals surface area contributed by atoms with Crippen LogP contribution in [0.4, 0.5) is 0 Å². The van der Waals surface area contributed by atoms with Gasteiger partial charge in [-0.2, -0.15) is 0 Å². The number of rotatable bonds is 1. The first kappa shape index (κ1) is 8.97. The van der Waals surface area contributed by atoms with Gasteiger partial charge in [-0.1, -0.05) is 0 Å². The Morgan fingerprint density at radius 1 is 1.67 bits per heavy atom. The monoisotopic (exact) mass is 167 g/mol. The maximum Gasteiger partial charge on any atom is 0.164 e. The van der Waals surface area contributed by atoms with Crippen LogP contribution >= 0.6 is 0 Å². The van der Waals surface area contributed by atoms with E-state index in [9.17, 15) is 9.90 Å². The van der Waals surface area contributed by atoms with E-state index >= 15 is 0 Å². The van der Waals surface area contributed by atoms with Gasteiger partial charge in [-0.3, -0.25) is 9.79 Å². The van der Waals surface area contributed by atoms with E-state index < -0.39 is 0 Å². The van der Waals surface area contributed by atoms with E-state index in [1.165, 1.54) is 6.92 Å². The first-order chi connectivity index (χ1) is 5.52. The molecule has 0 radical (unpaired) electrons. The molecule has 1 aliphatic heterocycles. The first-order valence-electron chi connectivity index (χ1n) is 4.00. The number of aliphatic imine (C=N–C) groups is 1. The first-order valence-corrected chi connectivity index (χ1v) is 4.00. The van der Waals surface area contributed by atoms with Crippen molar-refractivity contribution in [2.45, 2.75) is 33.2 Å². The van der Waals surface area contributed by atoms with Crippen molar-refractivity contribution >= 4 is 11.5 Å². The summed E-state index contributed by atoms with van der Waals surface area (Å²) in [7, 11) is 0. The van der Waals surface area contributed by atoms with E-state index in [0.29, 0.717) is 17.7 Å². The lowest BCUT2D eigenvalue weighted by atomic mass is 9.99. The molecule has 0 aromatic carbocycles. The van der Waals surface area contributed by atoms with Gasteiger partial charge >= 0.3 is 0 Å². The summed E-state index contributed by atoms with van der Waals surface area (Å²) in [5.41, 5.74) is 1.05. The SMILES string of the molecule is CC(=O)C1=C(O)C[C@H](C)N=C1C. The van der Waals surface area contributed by atoms with E-state index in [1.54, 1.807) is 6.92 Å². The van der Waals surface area contributed by atoms with Gasteiger partial charge in [0.1, 0.15) is 5.76 Å². The molecule has 0 saturated heterocycles. The minimum absolute atomic E-state index is 0.0908. The van der Waals surface area contributed by atoms with Gasteiger partial charge < -0.3 is 5.11 Å². The summed E-state index contributed by atoms with van der Waals surface area (Å²) in [6.07, 6.45) is 0.478. The number of dihydropyridines is 1. The standard InChI is InChI=1S/C9H13NO2/c1-5-4-8(12)9(7(3)11)6(2)10-5/h5,12H,4H2,1-3H3/t5-/m0/s1. The Balaban J connectivity index is 3.05. The summed E-state index contributed by atoms with van der Waals surface area (Å²) in [4.78, 5) is 15.2. The van der Waals surface area contributed by atoms with Crippen LogP contribution < -0.4 is 0 Å². The Morgan fingerprint density at radius 2 is 2.25 bits per heavy atom. The molecule has 12 heavy (non-hydrogen) atoms. The van der Waals surface area contributed by atoms with Crippen molar-refractivity contribution in [3.8, 4) is 0 Å². The predicted octanol–water partition coefficient (Wildman–Crippen LogP) is 1.64. The van der Waals surface area contributed by atoms with Gasteiger partial charge in [-0.15, -0.1) is 0 Å². The van der Waals surface area contributed by atoms with Crippen molar-refractivity contribution < 1.29 is 9.90 Å². The van der Waals surface area contributed by atoms with Gasteiger partial charge in [0, 0.05) is 12.1 Å². The fourth-order valence-electron chi connectivity index (χ4n) is 1.49. The molecule has 0 aromatic heterocycles. The van der Waals surface area contributed by atoms with Gasteiger partial charge in [0.15, 0.2) is 5.78 Å². The van der Waals surface area contributed by atoms with Gasteiger partial charge in [-0.05, 0) is 20.8 Å². The third-order valence-corrected chi connectivity index (χ3v) is 1.91. The number of aliphatic hydroxyl groups is 1. The summed E-state index contributed by atoms with van der Waals surface area (Å²) in [6.45, 7) is 5.11. The zero-order valence-corrected chi connectivity index (χ0v) is 7.59. The third kappa shape index (κ3) is 1.55. The van der Waals surface area contributed by atoms with Crippen molar-refractivity contribution in [2.24, 2.45) is 4.99 Å². The lowest BCUT2D eigenvalue weighted by Gasteiger charge is -2.17. The molecule has 3 nitrogen and oxygen atoms in total. The van der Waals surface area contributed by atoms with Crippen LogP contribution in [0.5, 0.6) is 0 Å². The number of ketones is 1. The van der Waals surface area contributed by atoms with Crippen molar-refractivity contribution in [2.75, 3.05) is 0 Å². The third-order valence-electron chi connectivity index (χ3n) is 1.91. The van der Waals surface area contributed by atoms with Crippen molar-refractivity contribution in [1.29, 1.82) is 0 Å². The lowest BCUT2D eigenvalue weighted by Crippen LogP contribution is -2.19. The summed E-state index contributed by atoms with van der Waals surface area (Å²) < 4.78 is 0. The molecule has 0 spiro atoms. The van der Waals surface area contributed by atoms with Crippen LogP contribution in [0.15, 0.2) is 16.3 Å². The van der Waals surface area contributed by atoms with Gasteiger partial charge in [0.25, 0.3) is 0 Å². The van der Waals surface area contributed by atoms with E-state index in [0.717, 1.165) is 0 Å². The van der Waals surface area contributed by atoms with Gasteiger partial charge in [0.2, 0.25) is 0 Å². The highest BCUT2D eigenvalue weighted by atomic mass is 16.3. The molecule has 1 rings (SSSR count). The average Bonchev–Trinajstić information content (AvgIpc) is 1.82. The zero-order valence-electron chi connectivity index (χ0n) is 7.59. The molecule has 0 aromatic rings. The van der Waals surface area contributed by atoms with E-state index in [4.69, 9.17) is 0 Å². The number of carbonyl (C=O) groups excluding carboxylic acids is 1. The quantitative estimate of drug-likeness (QED) is 0.645. The highest BCUT2D eigenvalue weighted by molar-refractivity contribution is 6.21. The summed E-state index contributed by atoms with van der Waals surface area (Å²) in [5, 5.41) is 9.46. The van der Waals surface area contributed by atoms with Crippen LogP contribution in [0.1, 0.15) is 27.2 Å². The molecule has 0 bridgehead atoms. The Bertz CT molecular complexity index is 276. The molecule has 1 N–H and O–H groups in total. The number of aliphatic hydroxyl groups excluding tert-OH is 1. The number of Topliss-reactive ketones (excluding diaryl/α,β-unsaturated/α-hetero) is 1. The summed E-state index contributed by atoms with van der Waals surface area (Å²) in [6, 6.07) is 0.0908. The Morgan fingerprint density at radius 3 is 2.67 bits per heavy atom. The summed E-state index contributed by atoms with van der Waals surface area (Å²) in [5.74, 6) is 0.0724. The van der Waals surface area contributed by atoms with Crippen LogP contribution in [-0.2, 0) is 4.79 Å². The second kappa shape index (κ2) is 3.09. The smallest absolute Gasteiger partial charge is 0.164 e. The Labute approximate surface area is 71.8 Å². The molecule has 0 amide bonds. The normalized spacial score (nSPS) is 23.9. The fraction of sp³-hybridized carbons (Fsp3) is 0.556. The number of allylic oxidation sites excluding steroid dienone is 1. The van der Waals surface area contributed by atoms with Crippen LogP contribution in [0.3, 0.4) is 0 Å². The Kier molecular flexibility index (Phi) is 2.31. The molecular formula is C9H13NO2. The second-order valence-electron chi connectivity index (χ2n) is 3.15. The average molecular weight is 167 g/mol. The molecule has 66 valence electrons. The fourth-order valence-corrected chi connectivity index (χ4v) is 1.49. The van der Waals surface area contributed by atoms with E-state index in [-0.39, 0.29) is 17.6 Å². The number of nitrogens with zero attached hydrogens (tertiary/aromatic N) is 1. The number of hydrogen-bond acceptors (Lipinski definition) is 3. The van der Waals surface area contributed by atoms with Crippen LogP contribution in [0, 0.1) is 0 Å². The van der Waals surface area contributed by atoms with Gasteiger partial charge in [-0.25, -0.2) is 0 Å². The number of carbonyl (C=O) groups is 1. The molecule has 1 aliphatic rings. The van der Waals surface area contributed by atoms with Crippen LogP contribution in [0.25, 0.3) is 0 Å². The zero-order chi connectivity index (χ0) is 9.30. The minimum Gasteiger partial charge on any atom is -0.511 e. The second-order valence-corrected chi connectivity index (χ2v) is 3.15. The molecular weight excluding hydrogens is 154 g/mol. The van der Waals surface area contributed by atoms with Crippen molar-refractivity contribution in [1.82, 2.24) is 0 Å². The Hall–Kier alpha value is -1.12. The molecule has 0 unspecified atom stereocenters. The molecule has 0 aliphatic carbocycles. The molecule has 3 heteroatoms. The van der Waals surface area contributed by atoms with Crippen LogP contribution in [0.2, 0.25) is 0 Å². The van der Waals surface area contributed by atoms with Crippen molar-refractivity contribution in [3.63, 3.8) is 0 Å². The minimum atomic E-state index is -0.111. The molecule has 1 heterocycles. The van der Waals surface area contributed by atoms with E-state index in [2.05, 4.69) is 4.99 Å². The van der Waals surface area contributed by atoms with Gasteiger partial charge in [0.05, 0.1) is 11.6 Å². The maximum atomic E-state index is 11.0.